The van der Waals surface area contributed by atoms with Gasteiger partial charge in [-0.2, -0.15) is 10.2 Å². The smallest absolute Gasteiger partial charge is 0.273 e. The average molecular weight is 370 g/mol. The summed E-state index contributed by atoms with van der Waals surface area (Å²) in [6.07, 6.45) is 6.18. The molecule has 0 bridgehead atoms. The molecule has 1 aliphatic rings. The first-order valence-electron chi connectivity index (χ1n) is 8.76. The van der Waals surface area contributed by atoms with Crippen molar-refractivity contribution in [2.75, 3.05) is 13.1 Å². The van der Waals surface area contributed by atoms with Gasteiger partial charge < -0.3 is 4.90 Å². The molecule has 1 saturated heterocycles. The van der Waals surface area contributed by atoms with Crippen LogP contribution in [0.15, 0.2) is 42.7 Å². The van der Waals surface area contributed by atoms with Gasteiger partial charge in [-0.05, 0) is 24.0 Å². The molecule has 0 spiro atoms. The predicted molar refractivity (Wildman–Crippen MR) is 99.3 cm³/mol. The van der Waals surface area contributed by atoms with Gasteiger partial charge in [-0.15, -0.1) is 0 Å². The van der Waals surface area contributed by atoms with Crippen LogP contribution in [0.2, 0.25) is 5.02 Å². The lowest BCUT2D eigenvalue weighted by atomic mass is 9.90. The summed E-state index contributed by atoms with van der Waals surface area (Å²) in [7, 11) is 0. The number of H-pyrrole nitrogens is 2. The molecule has 2 N–H and O–H groups in total. The van der Waals surface area contributed by atoms with Gasteiger partial charge in [0.2, 0.25) is 0 Å². The van der Waals surface area contributed by atoms with Crippen LogP contribution in [0.3, 0.4) is 0 Å². The van der Waals surface area contributed by atoms with Gasteiger partial charge in [-0.3, -0.25) is 15.0 Å². The van der Waals surface area contributed by atoms with Gasteiger partial charge in [0, 0.05) is 31.1 Å². The molecule has 1 fully saturated rings. The molecule has 134 valence electrons. The van der Waals surface area contributed by atoms with Crippen molar-refractivity contribution in [2.45, 2.75) is 25.2 Å². The fourth-order valence-electron chi connectivity index (χ4n) is 3.61. The van der Waals surface area contributed by atoms with Crippen molar-refractivity contribution in [3.05, 3.63) is 70.3 Å². The molecule has 3 aromatic rings. The van der Waals surface area contributed by atoms with Gasteiger partial charge in [0.05, 0.1) is 17.4 Å². The summed E-state index contributed by atoms with van der Waals surface area (Å²) in [6, 6.07) is 10.3. The molecule has 1 amide bonds. The third-order valence-corrected chi connectivity index (χ3v) is 5.20. The summed E-state index contributed by atoms with van der Waals surface area (Å²) < 4.78 is 0. The third kappa shape index (κ3) is 3.37. The first-order chi connectivity index (χ1) is 12.7. The second-order valence-corrected chi connectivity index (χ2v) is 7.06. The number of aromatic nitrogens is 4. The molecule has 0 aliphatic carbocycles. The fraction of sp³-hybridized carbons (Fsp3) is 0.316. The molecule has 1 aliphatic heterocycles. The summed E-state index contributed by atoms with van der Waals surface area (Å²) in [5.41, 5.74) is 3.93. The van der Waals surface area contributed by atoms with Gasteiger partial charge in [0.15, 0.2) is 0 Å². The number of nitrogens with one attached hydrogen (secondary N) is 2. The van der Waals surface area contributed by atoms with Crippen LogP contribution in [0.5, 0.6) is 0 Å². The van der Waals surface area contributed by atoms with Gasteiger partial charge in [-0.25, -0.2) is 0 Å². The number of aromatic amines is 2. The van der Waals surface area contributed by atoms with E-state index in [1.54, 1.807) is 0 Å². The maximum Gasteiger partial charge on any atom is 0.273 e. The normalized spacial score (nSPS) is 17.4. The highest BCUT2D eigenvalue weighted by Crippen LogP contribution is 2.30. The summed E-state index contributed by atoms with van der Waals surface area (Å²) >= 11 is 6.05. The zero-order chi connectivity index (χ0) is 17.9. The van der Waals surface area contributed by atoms with Crippen LogP contribution < -0.4 is 0 Å². The second-order valence-electron chi connectivity index (χ2n) is 6.65. The fourth-order valence-corrected chi connectivity index (χ4v) is 3.78. The Morgan fingerprint density at radius 1 is 1.19 bits per heavy atom. The summed E-state index contributed by atoms with van der Waals surface area (Å²) in [4.78, 5) is 14.6. The average Bonchev–Trinajstić information content (AvgIpc) is 3.31. The maximum absolute atomic E-state index is 12.7. The van der Waals surface area contributed by atoms with Crippen molar-refractivity contribution in [3.8, 4) is 0 Å². The number of carbonyl (C=O) groups is 1. The molecule has 7 heteroatoms. The minimum Gasteiger partial charge on any atom is -0.337 e. The van der Waals surface area contributed by atoms with E-state index in [4.69, 9.17) is 11.6 Å². The molecule has 3 heterocycles. The molecule has 6 nitrogen and oxygen atoms in total. The van der Waals surface area contributed by atoms with Crippen LogP contribution >= 0.6 is 11.6 Å². The van der Waals surface area contributed by atoms with Crippen molar-refractivity contribution in [3.63, 3.8) is 0 Å². The highest BCUT2D eigenvalue weighted by Gasteiger charge is 2.29. The second kappa shape index (κ2) is 7.33. The molecule has 4 rings (SSSR count). The van der Waals surface area contributed by atoms with E-state index in [2.05, 4.69) is 32.5 Å². The van der Waals surface area contributed by atoms with E-state index in [1.165, 1.54) is 17.3 Å². The predicted octanol–water partition coefficient (Wildman–Crippen LogP) is 3.40. The lowest BCUT2D eigenvalue weighted by Crippen LogP contribution is -2.39. The van der Waals surface area contributed by atoms with Crippen molar-refractivity contribution in [2.24, 2.45) is 0 Å². The standard InChI is InChI=1S/C19H20ClN5O/c20-16-11-22-24-18(16)19(26)25-8-4-7-14(12-25)17-15(10-21-23-17)9-13-5-2-1-3-6-13/h1-3,5-6,10-11,14H,4,7-9,12H2,(H,21,23)(H,22,24)/t14-/m0/s1. The largest absolute Gasteiger partial charge is 0.337 e. The minimum absolute atomic E-state index is 0.0960. The van der Waals surface area contributed by atoms with E-state index in [9.17, 15) is 4.79 Å². The number of rotatable bonds is 4. The van der Waals surface area contributed by atoms with Crippen LogP contribution in [0.25, 0.3) is 0 Å². The van der Waals surface area contributed by atoms with E-state index in [0.29, 0.717) is 17.3 Å². The van der Waals surface area contributed by atoms with E-state index < -0.39 is 0 Å². The Balaban J connectivity index is 1.51. The summed E-state index contributed by atoms with van der Waals surface area (Å²) in [5, 5.41) is 14.3. The molecule has 2 aromatic heterocycles. The Hall–Kier alpha value is -2.60. The number of hydrogen-bond donors (Lipinski definition) is 2. The summed E-state index contributed by atoms with van der Waals surface area (Å²) in [6.45, 7) is 1.38. The Kier molecular flexibility index (Phi) is 4.75. The van der Waals surface area contributed by atoms with Crippen LogP contribution in [0.1, 0.15) is 46.1 Å². The number of likely N-dealkylation sites (tertiary alicyclic amines) is 1. The molecule has 0 radical (unpaired) electrons. The van der Waals surface area contributed by atoms with Crippen molar-refractivity contribution < 1.29 is 4.79 Å². The van der Waals surface area contributed by atoms with E-state index in [1.807, 2.05) is 29.3 Å². The van der Waals surface area contributed by atoms with Gasteiger partial charge in [-0.1, -0.05) is 41.9 Å². The molecule has 26 heavy (non-hydrogen) atoms. The minimum atomic E-state index is -0.0960. The summed E-state index contributed by atoms with van der Waals surface area (Å²) in [5.74, 6) is 0.150. The highest BCUT2D eigenvalue weighted by molar-refractivity contribution is 6.33. The van der Waals surface area contributed by atoms with Crippen molar-refractivity contribution in [1.29, 1.82) is 0 Å². The quantitative estimate of drug-likeness (QED) is 0.739. The molecular weight excluding hydrogens is 350 g/mol. The van der Waals surface area contributed by atoms with Crippen LogP contribution in [-0.4, -0.2) is 44.3 Å². The number of halogens is 1. The highest BCUT2D eigenvalue weighted by atomic mass is 35.5. The van der Waals surface area contributed by atoms with E-state index >= 15 is 0 Å². The van der Waals surface area contributed by atoms with Crippen LogP contribution in [-0.2, 0) is 6.42 Å². The Morgan fingerprint density at radius 3 is 2.77 bits per heavy atom. The molecule has 0 saturated carbocycles. The van der Waals surface area contributed by atoms with Crippen LogP contribution in [0.4, 0.5) is 0 Å². The lowest BCUT2D eigenvalue weighted by molar-refractivity contribution is 0.0699. The maximum atomic E-state index is 12.7. The zero-order valence-electron chi connectivity index (χ0n) is 14.3. The topological polar surface area (TPSA) is 77.7 Å². The molecular formula is C19H20ClN5O. The number of carbonyl (C=O) groups excluding carboxylic acids is 1. The third-order valence-electron chi connectivity index (χ3n) is 4.91. The van der Waals surface area contributed by atoms with Crippen molar-refractivity contribution >= 4 is 17.5 Å². The molecule has 1 atom stereocenters. The Labute approximate surface area is 156 Å². The Bertz CT molecular complexity index is 888. The van der Waals surface area contributed by atoms with Gasteiger partial charge in [0.1, 0.15) is 5.69 Å². The van der Waals surface area contributed by atoms with E-state index in [0.717, 1.165) is 31.5 Å². The lowest BCUT2D eigenvalue weighted by Gasteiger charge is -2.32. The van der Waals surface area contributed by atoms with Crippen molar-refractivity contribution in [1.82, 2.24) is 25.3 Å². The first-order valence-corrected chi connectivity index (χ1v) is 9.14. The number of piperidine rings is 1. The number of amides is 1. The number of benzene rings is 1. The molecule has 0 unspecified atom stereocenters. The number of nitrogens with zero attached hydrogens (tertiary/aromatic N) is 3. The monoisotopic (exact) mass is 369 g/mol. The molecule has 1 aromatic carbocycles. The first kappa shape index (κ1) is 16.8. The Morgan fingerprint density at radius 2 is 2.00 bits per heavy atom. The van der Waals surface area contributed by atoms with Gasteiger partial charge in [0.25, 0.3) is 5.91 Å². The van der Waals surface area contributed by atoms with E-state index in [-0.39, 0.29) is 11.8 Å². The van der Waals surface area contributed by atoms with Crippen LogP contribution in [0, 0.1) is 0 Å². The van der Waals surface area contributed by atoms with Gasteiger partial charge >= 0.3 is 0 Å². The number of hydrogen-bond acceptors (Lipinski definition) is 3. The SMILES string of the molecule is O=C(c1[nH]ncc1Cl)N1CCC[C@H](c2[nH]ncc2Cc2ccccc2)C1. The zero-order valence-corrected chi connectivity index (χ0v) is 15.0.